The third-order valence-electron chi connectivity index (χ3n) is 7.32. The average Bonchev–Trinajstić information content (AvgIpc) is 3.65. The molecule has 5 nitrogen and oxygen atoms in total. The number of thiophene rings is 1. The van der Waals surface area contributed by atoms with E-state index in [9.17, 15) is 4.79 Å². The van der Waals surface area contributed by atoms with E-state index in [1.165, 1.54) is 4.88 Å². The Morgan fingerprint density at radius 3 is 2.79 bits per heavy atom. The van der Waals surface area contributed by atoms with Crippen molar-refractivity contribution >= 4 is 62.6 Å². The lowest BCUT2D eigenvalue weighted by atomic mass is 9.95. The van der Waals surface area contributed by atoms with E-state index >= 15 is 0 Å². The summed E-state index contributed by atoms with van der Waals surface area (Å²) in [6.07, 6.45) is 7.66. The molecule has 0 saturated heterocycles. The highest BCUT2D eigenvalue weighted by molar-refractivity contribution is 7.16. The number of hydrogen-bond acceptors (Lipinski definition) is 4. The third-order valence-corrected chi connectivity index (χ3v) is 9.10. The van der Waals surface area contributed by atoms with E-state index in [1.807, 2.05) is 42.6 Å². The van der Waals surface area contributed by atoms with Crippen LogP contribution in [0.15, 0.2) is 70.3 Å². The molecule has 198 valence electrons. The topological polar surface area (TPSA) is 59.5 Å². The molecule has 3 aromatic heterocycles. The summed E-state index contributed by atoms with van der Waals surface area (Å²) in [5.41, 5.74) is 6.05. The van der Waals surface area contributed by atoms with E-state index in [2.05, 4.69) is 28.9 Å². The van der Waals surface area contributed by atoms with Crippen molar-refractivity contribution in [1.29, 1.82) is 0 Å². The zero-order chi connectivity index (χ0) is 26.9. The SMILES string of the molecule is Cc1c(C=Nc2sc3c(c2C(=O)NCc2ccco2)CCCC3)c2ccccc2n1Cc1ccc(Cl)cc1Cl. The molecule has 0 spiro atoms. The number of furan rings is 1. The summed E-state index contributed by atoms with van der Waals surface area (Å²) in [5.74, 6) is 0.621. The number of amides is 1. The Bertz CT molecular complexity index is 1700. The Kier molecular flexibility index (Phi) is 7.34. The van der Waals surface area contributed by atoms with E-state index in [4.69, 9.17) is 32.6 Å². The minimum Gasteiger partial charge on any atom is -0.467 e. The number of carbonyl (C=O) groups is 1. The molecule has 0 unspecified atom stereocenters. The van der Waals surface area contributed by atoms with Gasteiger partial charge in [-0.15, -0.1) is 11.3 Å². The number of para-hydroxylation sites is 1. The maximum Gasteiger partial charge on any atom is 0.255 e. The van der Waals surface area contributed by atoms with Crippen molar-refractivity contribution in [2.45, 2.75) is 45.7 Å². The normalized spacial score (nSPS) is 13.3. The molecule has 1 N–H and O–H groups in total. The monoisotopic (exact) mass is 575 g/mol. The molecule has 2 aromatic carbocycles. The zero-order valence-corrected chi connectivity index (χ0v) is 23.8. The first-order valence-electron chi connectivity index (χ1n) is 13.0. The highest BCUT2D eigenvalue weighted by Crippen LogP contribution is 2.40. The number of rotatable bonds is 7. The van der Waals surface area contributed by atoms with Gasteiger partial charge in [-0.1, -0.05) is 47.5 Å². The first-order valence-corrected chi connectivity index (χ1v) is 14.6. The lowest BCUT2D eigenvalue weighted by Crippen LogP contribution is -2.23. The van der Waals surface area contributed by atoms with Crippen molar-refractivity contribution < 1.29 is 9.21 Å². The van der Waals surface area contributed by atoms with Crippen molar-refractivity contribution in [2.24, 2.45) is 4.99 Å². The summed E-state index contributed by atoms with van der Waals surface area (Å²) in [6, 6.07) is 17.6. The van der Waals surface area contributed by atoms with Crippen LogP contribution in [0.25, 0.3) is 10.9 Å². The van der Waals surface area contributed by atoms with Gasteiger partial charge in [-0.3, -0.25) is 4.79 Å². The molecule has 1 amide bonds. The Hall–Kier alpha value is -3.32. The van der Waals surface area contributed by atoms with E-state index in [0.29, 0.717) is 28.7 Å². The molecular formula is C31H27Cl2N3O2S. The molecule has 0 atom stereocenters. The number of aromatic nitrogens is 1. The average molecular weight is 577 g/mol. The Morgan fingerprint density at radius 2 is 1.97 bits per heavy atom. The molecule has 5 aromatic rings. The van der Waals surface area contributed by atoms with Crippen molar-refractivity contribution in [3.05, 3.63) is 109 Å². The van der Waals surface area contributed by atoms with Crippen LogP contribution in [0.5, 0.6) is 0 Å². The van der Waals surface area contributed by atoms with Gasteiger partial charge in [-0.25, -0.2) is 4.99 Å². The van der Waals surface area contributed by atoms with Crippen LogP contribution >= 0.6 is 34.5 Å². The second-order valence-corrected chi connectivity index (χ2v) is 11.7. The van der Waals surface area contributed by atoms with Crippen molar-refractivity contribution in [3.8, 4) is 0 Å². The molecule has 8 heteroatoms. The molecule has 0 aliphatic heterocycles. The van der Waals surface area contributed by atoms with Crippen molar-refractivity contribution in [2.75, 3.05) is 0 Å². The summed E-state index contributed by atoms with van der Waals surface area (Å²) >= 11 is 14.3. The van der Waals surface area contributed by atoms with Gasteiger partial charge in [-0.05, 0) is 74.1 Å². The number of fused-ring (bicyclic) bond motifs is 2. The van der Waals surface area contributed by atoms with Gasteiger partial charge in [0.1, 0.15) is 10.8 Å². The lowest BCUT2D eigenvalue weighted by Gasteiger charge is -2.12. The summed E-state index contributed by atoms with van der Waals surface area (Å²) in [6.45, 7) is 3.06. The van der Waals surface area contributed by atoms with Crippen LogP contribution in [-0.4, -0.2) is 16.7 Å². The maximum absolute atomic E-state index is 13.4. The molecule has 1 aliphatic carbocycles. The van der Waals surface area contributed by atoms with Crippen LogP contribution in [0.2, 0.25) is 10.0 Å². The lowest BCUT2D eigenvalue weighted by molar-refractivity contribution is 0.0948. The van der Waals surface area contributed by atoms with Crippen LogP contribution < -0.4 is 5.32 Å². The van der Waals surface area contributed by atoms with E-state index in [1.54, 1.807) is 23.7 Å². The number of nitrogens with zero attached hydrogens (tertiary/aromatic N) is 2. The molecular weight excluding hydrogens is 549 g/mol. The van der Waals surface area contributed by atoms with Gasteiger partial charge in [0.2, 0.25) is 0 Å². The minimum absolute atomic E-state index is 0.102. The standard InChI is InChI=1S/C31H27Cl2N3O2S/c1-19-25(23-8-2-4-10-27(23)36(19)18-20-12-13-21(32)15-26(20)33)17-35-31-29(24-9-3-5-11-28(24)39-31)30(37)34-16-22-7-6-14-38-22/h2,4,6-8,10,12-15,17H,3,5,9,11,16,18H2,1H3,(H,34,37). The fourth-order valence-electron chi connectivity index (χ4n) is 5.31. The Morgan fingerprint density at radius 1 is 1.13 bits per heavy atom. The van der Waals surface area contributed by atoms with Gasteiger partial charge < -0.3 is 14.3 Å². The number of benzene rings is 2. The summed E-state index contributed by atoms with van der Waals surface area (Å²) in [4.78, 5) is 19.6. The van der Waals surface area contributed by atoms with Gasteiger partial charge in [0.25, 0.3) is 5.91 Å². The van der Waals surface area contributed by atoms with Crippen LogP contribution in [0.3, 0.4) is 0 Å². The van der Waals surface area contributed by atoms with Crippen LogP contribution in [0.1, 0.15) is 56.2 Å². The summed E-state index contributed by atoms with van der Waals surface area (Å²) in [7, 11) is 0. The number of halogens is 2. The number of carbonyl (C=O) groups excluding carboxylic acids is 1. The first-order chi connectivity index (χ1) is 19.0. The van der Waals surface area contributed by atoms with E-state index in [-0.39, 0.29) is 5.91 Å². The Labute approximate surface area is 241 Å². The minimum atomic E-state index is -0.102. The molecule has 0 radical (unpaired) electrons. The van der Waals surface area contributed by atoms with Crippen LogP contribution in [0.4, 0.5) is 5.00 Å². The largest absolute Gasteiger partial charge is 0.467 e. The second kappa shape index (κ2) is 11.0. The van der Waals surface area contributed by atoms with Gasteiger partial charge in [0.15, 0.2) is 0 Å². The summed E-state index contributed by atoms with van der Waals surface area (Å²) in [5, 5.41) is 6.16. The van der Waals surface area contributed by atoms with Crippen LogP contribution in [-0.2, 0) is 25.9 Å². The predicted octanol–water partition coefficient (Wildman–Crippen LogP) is 8.52. The molecule has 39 heavy (non-hydrogen) atoms. The van der Waals surface area contributed by atoms with Gasteiger partial charge in [-0.2, -0.15) is 0 Å². The van der Waals surface area contributed by atoms with Crippen molar-refractivity contribution in [1.82, 2.24) is 9.88 Å². The number of nitrogens with one attached hydrogen (secondary N) is 1. The predicted molar refractivity (Wildman–Crippen MR) is 160 cm³/mol. The molecule has 3 heterocycles. The number of aliphatic imine (C=N–C) groups is 1. The van der Waals surface area contributed by atoms with E-state index < -0.39 is 0 Å². The smallest absolute Gasteiger partial charge is 0.255 e. The third kappa shape index (κ3) is 5.17. The van der Waals surface area contributed by atoms with Gasteiger partial charge in [0, 0.05) is 49.8 Å². The van der Waals surface area contributed by atoms with Crippen molar-refractivity contribution in [3.63, 3.8) is 0 Å². The maximum atomic E-state index is 13.4. The molecule has 1 aliphatic rings. The fraction of sp³-hybridized carbons (Fsp3) is 0.226. The molecule has 0 saturated carbocycles. The fourth-order valence-corrected chi connectivity index (χ4v) is 7.01. The molecule has 0 fully saturated rings. The van der Waals surface area contributed by atoms with Crippen LogP contribution in [0, 0.1) is 6.92 Å². The number of aryl methyl sites for hydroxylation is 1. The number of hydrogen-bond donors (Lipinski definition) is 1. The highest BCUT2D eigenvalue weighted by atomic mass is 35.5. The van der Waals surface area contributed by atoms with E-state index in [0.717, 1.165) is 69.7 Å². The van der Waals surface area contributed by atoms with Gasteiger partial charge in [0.05, 0.1) is 18.4 Å². The first kappa shape index (κ1) is 25.9. The molecule has 6 rings (SSSR count). The quantitative estimate of drug-likeness (QED) is 0.198. The molecule has 0 bridgehead atoms. The van der Waals surface area contributed by atoms with Gasteiger partial charge >= 0.3 is 0 Å². The second-order valence-electron chi connectivity index (χ2n) is 9.75. The Balaban J connectivity index is 1.37. The highest BCUT2D eigenvalue weighted by Gasteiger charge is 2.25. The zero-order valence-electron chi connectivity index (χ0n) is 21.5. The summed E-state index contributed by atoms with van der Waals surface area (Å²) < 4.78 is 7.65.